The van der Waals surface area contributed by atoms with E-state index < -0.39 is 6.17 Å². The first-order valence-corrected chi connectivity index (χ1v) is 9.08. The molecule has 0 aliphatic carbocycles. The van der Waals surface area contributed by atoms with Gasteiger partial charge < -0.3 is 9.88 Å². The van der Waals surface area contributed by atoms with Gasteiger partial charge in [-0.05, 0) is 49.2 Å². The minimum atomic E-state index is -0.673. The Morgan fingerprint density at radius 3 is 2.77 bits per heavy atom. The number of hydrogen-bond acceptors (Lipinski definition) is 3. The van der Waals surface area contributed by atoms with Crippen molar-refractivity contribution >= 4 is 39.2 Å². The summed E-state index contributed by atoms with van der Waals surface area (Å²) in [6.07, 6.45) is 0.506. The van der Waals surface area contributed by atoms with Crippen LogP contribution in [0.4, 0.5) is 10.1 Å². The van der Waals surface area contributed by atoms with Crippen molar-refractivity contribution < 1.29 is 4.39 Å². The molecular weight excluding hydrogens is 353 g/mol. The molecule has 0 atom stereocenters. The second-order valence-corrected chi connectivity index (χ2v) is 7.15. The number of H-pyrrole nitrogens is 2. The number of alkyl halides is 1. The minimum Gasteiger partial charge on any atom is -0.371 e. The molecule has 1 aliphatic heterocycles. The van der Waals surface area contributed by atoms with E-state index >= 15 is 0 Å². The first-order chi connectivity index (χ1) is 12.7. The molecule has 1 fully saturated rings. The van der Waals surface area contributed by atoms with Crippen LogP contribution in [-0.4, -0.2) is 39.4 Å². The lowest BCUT2D eigenvalue weighted by molar-refractivity contribution is 0.277. The molecule has 2 aromatic carbocycles. The first kappa shape index (κ1) is 15.6. The average molecular weight is 370 g/mol. The van der Waals surface area contributed by atoms with Crippen LogP contribution in [0.25, 0.3) is 33.5 Å². The maximum Gasteiger partial charge on any atom is 0.159 e. The van der Waals surface area contributed by atoms with Gasteiger partial charge in [-0.2, -0.15) is 5.10 Å². The molecule has 26 heavy (non-hydrogen) atoms. The van der Waals surface area contributed by atoms with Gasteiger partial charge in [-0.1, -0.05) is 11.6 Å². The van der Waals surface area contributed by atoms with Gasteiger partial charge in [0.15, 0.2) is 5.82 Å². The molecule has 3 heterocycles. The van der Waals surface area contributed by atoms with Crippen LogP contribution in [0.3, 0.4) is 0 Å². The van der Waals surface area contributed by atoms with Gasteiger partial charge in [0, 0.05) is 29.2 Å². The van der Waals surface area contributed by atoms with Crippen molar-refractivity contribution in [1.82, 2.24) is 20.2 Å². The van der Waals surface area contributed by atoms with E-state index in [9.17, 15) is 4.39 Å². The number of hydrogen-bond donors (Lipinski definition) is 2. The summed E-state index contributed by atoms with van der Waals surface area (Å²) in [5, 5.41) is 9.00. The third kappa shape index (κ3) is 2.61. The average Bonchev–Trinajstić information content (AvgIpc) is 3.24. The van der Waals surface area contributed by atoms with Crippen LogP contribution in [0, 0.1) is 0 Å². The van der Waals surface area contributed by atoms with Gasteiger partial charge in [0.2, 0.25) is 0 Å². The first-order valence-electron chi connectivity index (χ1n) is 8.70. The fourth-order valence-corrected chi connectivity index (χ4v) is 3.75. The van der Waals surface area contributed by atoms with Crippen LogP contribution >= 0.6 is 11.6 Å². The van der Waals surface area contributed by atoms with Crippen molar-refractivity contribution in [3.8, 4) is 11.5 Å². The summed E-state index contributed by atoms with van der Waals surface area (Å²) in [6.45, 7) is 1.49. The number of nitrogens with one attached hydrogen (secondary N) is 2. The smallest absolute Gasteiger partial charge is 0.159 e. The Labute approximate surface area is 154 Å². The zero-order chi connectivity index (χ0) is 17.7. The SMILES string of the molecule is FC1CCN(c2ccc3nc(-c4n[nH]c5ccc(Cl)cc45)[nH]c3c2)CC1. The summed E-state index contributed by atoms with van der Waals surface area (Å²) in [4.78, 5) is 10.3. The molecule has 5 rings (SSSR count). The number of imidazole rings is 1. The predicted octanol–water partition coefficient (Wildman–Crippen LogP) is 4.70. The Morgan fingerprint density at radius 2 is 1.92 bits per heavy atom. The molecular formula is C19H17ClFN5. The molecule has 0 spiro atoms. The number of anilines is 1. The third-order valence-electron chi connectivity index (χ3n) is 5.00. The van der Waals surface area contributed by atoms with Crippen LogP contribution in [0.15, 0.2) is 36.4 Å². The van der Waals surface area contributed by atoms with Gasteiger partial charge in [-0.25, -0.2) is 9.37 Å². The Hall–Kier alpha value is -2.60. The number of fused-ring (bicyclic) bond motifs is 2. The fourth-order valence-electron chi connectivity index (χ4n) is 3.58. The normalized spacial score (nSPS) is 16.0. The molecule has 0 radical (unpaired) electrons. The molecule has 0 bridgehead atoms. The van der Waals surface area contributed by atoms with E-state index in [4.69, 9.17) is 11.6 Å². The standard InChI is InChI=1S/C19H17ClFN5/c20-11-1-3-15-14(9-11)18(25-24-15)19-22-16-4-2-13(10-17(16)23-19)26-7-5-12(21)6-8-26/h1-4,9-10,12H,5-8H2,(H,22,23)(H,24,25). The highest BCUT2D eigenvalue weighted by Gasteiger charge is 2.19. The van der Waals surface area contributed by atoms with E-state index in [1.165, 1.54) is 0 Å². The molecule has 132 valence electrons. The lowest BCUT2D eigenvalue weighted by Gasteiger charge is -2.30. The summed E-state index contributed by atoms with van der Waals surface area (Å²) < 4.78 is 13.4. The van der Waals surface area contributed by atoms with Gasteiger partial charge in [0.25, 0.3) is 0 Å². The van der Waals surface area contributed by atoms with Crippen LogP contribution in [0.2, 0.25) is 5.02 Å². The molecule has 7 heteroatoms. The quantitative estimate of drug-likeness (QED) is 0.538. The number of nitrogens with zero attached hydrogens (tertiary/aromatic N) is 3. The highest BCUT2D eigenvalue weighted by Crippen LogP contribution is 2.30. The summed E-state index contributed by atoms with van der Waals surface area (Å²) in [5.74, 6) is 0.702. The van der Waals surface area contributed by atoms with Crippen molar-refractivity contribution in [3.63, 3.8) is 0 Å². The zero-order valence-corrected chi connectivity index (χ0v) is 14.7. The Balaban J connectivity index is 1.54. The second-order valence-electron chi connectivity index (χ2n) is 6.71. The van der Waals surface area contributed by atoms with Gasteiger partial charge in [0.1, 0.15) is 11.9 Å². The summed E-state index contributed by atoms with van der Waals surface area (Å²) in [5.41, 5.74) is 4.58. The van der Waals surface area contributed by atoms with E-state index in [2.05, 4.69) is 31.1 Å². The summed E-state index contributed by atoms with van der Waals surface area (Å²) in [6, 6.07) is 11.7. The van der Waals surface area contributed by atoms with E-state index in [0.29, 0.717) is 23.7 Å². The molecule has 5 nitrogen and oxygen atoms in total. The van der Waals surface area contributed by atoms with E-state index in [1.54, 1.807) is 0 Å². The highest BCUT2D eigenvalue weighted by atomic mass is 35.5. The number of piperidine rings is 1. The number of halogens is 2. The van der Waals surface area contributed by atoms with Gasteiger partial charge >= 0.3 is 0 Å². The maximum atomic E-state index is 13.4. The highest BCUT2D eigenvalue weighted by molar-refractivity contribution is 6.31. The molecule has 1 aliphatic rings. The monoisotopic (exact) mass is 369 g/mol. The van der Waals surface area contributed by atoms with E-state index in [1.807, 2.05) is 30.3 Å². The number of benzene rings is 2. The van der Waals surface area contributed by atoms with Crippen molar-refractivity contribution in [3.05, 3.63) is 41.4 Å². The fraction of sp³-hybridized carbons (Fsp3) is 0.263. The van der Waals surface area contributed by atoms with Crippen LogP contribution in [-0.2, 0) is 0 Å². The molecule has 0 unspecified atom stereocenters. The number of aromatic amines is 2. The topological polar surface area (TPSA) is 60.6 Å². The minimum absolute atomic E-state index is 0.590. The zero-order valence-electron chi connectivity index (χ0n) is 14.0. The predicted molar refractivity (Wildman–Crippen MR) is 103 cm³/mol. The van der Waals surface area contributed by atoms with Crippen LogP contribution in [0.5, 0.6) is 0 Å². The maximum absolute atomic E-state index is 13.4. The van der Waals surface area contributed by atoms with Gasteiger partial charge in [0.05, 0.1) is 16.6 Å². The second kappa shape index (κ2) is 5.99. The van der Waals surface area contributed by atoms with Crippen molar-refractivity contribution in [2.24, 2.45) is 0 Å². The van der Waals surface area contributed by atoms with Gasteiger partial charge in [-0.3, -0.25) is 5.10 Å². The third-order valence-corrected chi connectivity index (χ3v) is 5.24. The van der Waals surface area contributed by atoms with Crippen LogP contribution < -0.4 is 4.90 Å². The van der Waals surface area contributed by atoms with E-state index in [0.717, 1.165) is 46.4 Å². The summed E-state index contributed by atoms with van der Waals surface area (Å²) in [7, 11) is 0. The Bertz CT molecular complexity index is 1090. The molecule has 0 saturated carbocycles. The molecule has 4 aromatic rings. The lowest BCUT2D eigenvalue weighted by atomic mass is 10.1. The van der Waals surface area contributed by atoms with Gasteiger partial charge in [-0.15, -0.1) is 0 Å². The van der Waals surface area contributed by atoms with Crippen LogP contribution in [0.1, 0.15) is 12.8 Å². The molecule has 2 N–H and O–H groups in total. The largest absolute Gasteiger partial charge is 0.371 e. The summed E-state index contributed by atoms with van der Waals surface area (Å²) >= 11 is 6.13. The Kier molecular flexibility index (Phi) is 3.60. The van der Waals surface area contributed by atoms with Crippen molar-refractivity contribution in [1.29, 1.82) is 0 Å². The molecule has 1 saturated heterocycles. The van der Waals surface area contributed by atoms with E-state index in [-0.39, 0.29) is 0 Å². The van der Waals surface area contributed by atoms with Crippen molar-refractivity contribution in [2.75, 3.05) is 18.0 Å². The number of aromatic nitrogens is 4. The molecule has 0 amide bonds. The molecule has 2 aromatic heterocycles. The lowest BCUT2D eigenvalue weighted by Crippen LogP contribution is -2.34. The Morgan fingerprint density at radius 1 is 1.08 bits per heavy atom. The van der Waals surface area contributed by atoms with Crippen molar-refractivity contribution in [2.45, 2.75) is 19.0 Å². The number of rotatable bonds is 2.